The van der Waals surface area contributed by atoms with Crippen molar-refractivity contribution in [1.29, 1.82) is 0 Å². The zero-order chi connectivity index (χ0) is 17.0. The molecule has 0 aromatic heterocycles. The molecule has 2 aromatic carbocycles. The zero-order valence-corrected chi connectivity index (χ0v) is 19.3. The molecular weight excluding hydrogens is 696 g/mol. The molecule has 0 heterocycles. The minimum absolute atomic E-state index is 0. The third kappa shape index (κ3) is 7.15. The van der Waals surface area contributed by atoms with Crippen LogP contribution in [0.3, 0.4) is 0 Å². The second kappa shape index (κ2) is 12.7. The highest BCUT2D eigenvalue weighted by molar-refractivity contribution is 14.1. The Morgan fingerprint density at radius 1 is 1.00 bits per heavy atom. The minimum atomic E-state index is 0. The van der Waals surface area contributed by atoms with E-state index in [9.17, 15) is 5.11 Å². The van der Waals surface area contributed by atoms with Crippen LogP contribution in [0.25, 0.3) is 0 Å². The molecule has 0 saturated carbocycles. The Hall–Kier alpha value is -0.680. The lowest BCUT2D eigenvalue weighted by atomic mass is 10.1. The van der Waals surface area contributed by atoms with Gasteiger partial charge in [-0.2, -0.15) is 0 Å². The fraction of sp³-hybridized carbons (Fsp3) is 0.0667. The first-order chi connectivity index (χ1) is 10.9. The molecule has 2 aromatic rings. The van der Waals surface area contributed by atoms with E-state index in [2.05, 4.69) is 50.1 Å². The Morgan fingerprint density at radius 3 is 2.04 bits per heavy atom. The molecule has 0 aliphatic carbocycles. The van der Waals surface area contributed by atoms with Crippen molar-refractivity contribution in [1.82, 2.24) is 0 Å². The van der Waals surface area contributed by atoms with E-state index >= 15 is 0 Å². The van der Waals surface area contributed by atoms with Crippen LogP contribution in [0.1, 0.15) is 5.56 Å². The first-order valence-electron chi connectivity index (χ1n) is 6.31. The van der Waals surface area contributed by atoms with Gasteiger partial charge in [-0.05, 0) is 104 Å². The lowest BCUT2D eigenvalue weighted by Crippen LogP contribution is -2.00. The van der Waals surface area contributed by atoms with Crippen molar-refractivity contribution in [3.05, 3.63) is 58.6 Å². The Kier molecular flexibility index (Phi) is 13.4. The number of allylic oxidation sites excluding steroid dienone is 1. The molecule has 4 N–H and O–H groups in total. The van der Waals surface area contributed by atoms with E-state index < -0.39 is 0 Å². The summed E-state index contributed by atoms with van der Waals surface area (Å²) in [5.41, 5.74) is 6.31. The van der Waals surface area contributed by atoms with Crippen LogP contribution in [-0.2, 0) is 11.3 Å². The van der Waals surface area contributed by atoms with Gasteiger partial charge < -0.3 is 20.5 Å². The molecule has 0 amide bonds. The molecule has 2 rings (SSSR count). The van der Waals surface area contributed by atoms with Crippen LogP contribution < -0.4 is 10.5 Å². The molecule has 146 valence electrons. The monoisotopic (exact) mass is 711 g/mol. The van der Waals surface area contributed by atoms with Crippen molar-refractivity contribution in [2.75, 3.05) is 0 Å². The van der Waals surface area contributed by atoms with Crippen LogP contribution in [0.5, 0.6) is 17.2 Å². The molecule has 0 aliphatic heterocycles. The van der Waals surface area contributed by atoms with Gasteiger partial charge in [-0.1, -0.05) is 0 Å². The second-order valence-corrected chi connectivity index (χ2v) is 7.99. The summed E-state index contributed by atoms with van der Waals surface area (Å²) in [6, 6.07) is 8.96. The maximum atomic E-state index is 9.57. The molecule has 0 unspecified atom stereocenters. The predicted octanol–water partition coefficient (Wildman–Crippen LogP) is 5.29. The normalized spacial score (nSPS) is 10.1. The maximum Gasteiger partial charge on any atom is 0.161 e. The Labute approximate surface area is 188 Å². The van der Waals surface area contributed by atoms with Crippen LogP contribution >= 0.6 is 67.8 Å². The lowest BCUT2D eigenvalue weighted by Gasteiger charge is -2.13. The Morgan fingerprint density at radius 2 is 1.58 bits per heavy atom. The predicted molar refractivity (Wildman–Crippen MR) is 120 cm³/mol. The molecule has 0 saturated heterocycles. The fourth-order valence-corrected chi connectivity index (χ4v) is 4.41. The quantitative estimate of drug-likeness (QED) is 0.170. The van der Waals surface area contributed by atoms with Gasteiger partial charge in [-0.25, -0.2) is 5.26 Å². The van der Waals surface area contributed by atoms with Crippen molar-refractivity contribution in [3.8, 4) is 17.2 Å². The van der Waals surface area contributed by atoms with Crippen molar-refractivity contribution >= 4 is 67.8 Å². The van der Waals surface area contributed by atoms with Crippen molar-refractivity contribution in [2.24, 2.45) is 5.73 Å². The van der Waals surface area contributed by atoms with Crippen LogP contribution in [-0.4, -0.2) is 10.4 Å². The fourth-order valence-electron chi connectivity index (χ4n) is 1.80. The maximum absolute atomic E-state index is 9.57. The van der Waals surface area contributed by atoms with Crippen molar-refractivity contribution in [2.45, 2.75) is 6.42 Å². The van der Waals surface area contributed by atoms with E-state index in [-0.39, 0.29) is 25.6 Å². The van der Waals surface area contributed by atoms with Crippen LogP contribution in [0.2, 0.25) is 0 Å². The summed E-state index contributed by atoms with van der Waals surface area (Å²) in [5, 5.41) is 18.3. The van der Waals surface area contributed by atoms with E-state index in [1.807, 2.05) is 34.7 Å². The first kappa shape index (κ1) is 27.5. The topological polar surface area (TPSA) is 84.9 Å². The molecule has 0 bridgehead atoms. The minimum Gasteiger partial charge on any atom is -0.507 e. The number of ether oxygens (including phenoxy) is 1. The van der Waals surface area contributed by atoms with Gasteiger partial charge in [0, 0.05) is 12.6 Å². The van der Waals surface area contributed by atoms with Gasteiger partial charge in [0.25, 0.3) is 0 Å². The smallest absolute Gasteiger partial charge is 0.161 e. The second-order valence-electron chi connectivity index (χ2n) is 4.50. The zero-order valence-electron chi connectivity index (χ0n) is 12.8. The van der Waals surface area contributed by atoms with E-state index in [0.29, 0.717) is 12.2 Å². The van der Waals surface area contributed by atoms with Crippen LogP contribution in [0.4, 0.5) is 14.1 Å². The SMILES string of the molecule is F.F.F.N/C=C(/Cc1cc(I)c(Oc2ccc(O)c(I)c2)c(I)c1)OO. The van der Waals surface area contributed by atoms with Crippen LogP contribution in [0, 0.1) is 10.7 Å². The Bertz CT molecular complexity index is 740. The highest BCUT2D eigenvalue weighted by Gasteiger charge is 2.12. The number of nitrogens with two attached hydrogens (primary N) is 1. The summed E-state index contributed by atoms with van der Waals surface area (Å²) in [5.74, 6) is 1.89. The summed E-state index contributed by atoms with van der Waals surface area (Å²) in [6.07, 6.45) is 1.61. The first-order valence-corrected chi connectivity index (χ1v) is 9.54. The van der Waals surface area contributed by atoms with Gasteiger partial charge in [-0.15, -0.1) is 0 Å². The highest BCUT2D eigenvalue weighted by atomic mass is 127. The molecule has 0 spiro atoms. The van der Waals surface area contributed by atoms with E-state index in [0.717, 1.165) is 22.0 Å². The molecule has 5 nitrogen and oxygen atoms in total. The van der Waals surface area contributed by atoms with Crippen molar-refractivity contribution < 1.29 is 34.1 Å². The van der Waals surface area contributed by atoms with E-state index in [4.69, 9.17) is 15.7 Å². The number of halogens is 6. The van der Waals surface area contributed by atoms with Gasteiger partial charge in [0.1, 0.15) is 11.5 Å². The largest absolute Gasteiger partial charge is 0.507 e. The van der Waals surface area contributed by atoms with E-state index in [1.165, 1.54) is 6.20 Å². The lowest BCUT2D eigenvalue weighted by molar-refractivity contribution is -0.204. The summed E-state index contributed by atoms with van der Waals surface area (Å²) in [4.78, 5) is 4.21. The molecular formula is C15H15F3I3NO4. The standard InChI is InChI=1S/C15H12I3NO4.3FH/c16-11-6-9(1-2-14(11)20)22-15-12(17)4-8(5-13(15)18)3-10(7-19)23-21;;;/h1-2,4-7,20-21H,3,19H2;3*1H/b10-7-;;;. The average Bonchev–Trinajstić information content (AvgIpc) is 2.52. The molecule has 26 heavy (non-hydrogen) atoms. The molecule has 0 fully saturated rings. The number of aromatic hydroxyl groups is 1. The number of rotatable bonds is 5. The van der Waals surface area contributed by atoms with Gasteiger partial charge in [0.15, 0.2) is 11.5 Å². The van der Waals surface area contributed by atoms with Gasteiger partial charge >= 0.3 is 0 Å². The average molecular weight is 711 g/mol. The summed E-state index contributed by atoms with van der Waals surface area (Å²) in [7, 11) is 0. The molecule has 0 aliphatic rings. The van der Waals surface area contributed by atoms with E-state index in [1.54, 1.807) is 18.2 Å². The Balaban J connectivity index is 0. The number of phenolic OH excluding ortho intramolecular Hbond substituents is 1. The van der Waals surface area contributed by atoms with Gasteiger partial charge in [0.05, 0.1) is 10.7 Å². The van der Waals surface area contributed by atoms with Gasteiger partial charge in [-0.3, -0.25) is 14.1 Å². The number of benzene rings is 2. The highest BCUT2D eigenvalue weighted by Crippen LogP contribution is 2.35. The van der Waals surface area contributed by atoms with Gasteiger partial charge in [0.2, 0.25) is 0 Å². The third-order valence-corrected chi connectivity index (χ3v) is 5.35. The summed E-state index contributed by atoms with van der Waals surface area (Å²) >= 11 is 6.43. The molecule has 0 radical (unpaired) electrons. The summed E-state index contributed by atoms with van der Waals surface area (Å²) in [6.45, 7) is 0. The van der Waals surface area contributed by atoms with Crippen molar-refractivity contribution in [3.63, 3.8) is 0 Å². The third-order valence-electron chi connectivity index (χ3n) is 2.88. The summed E-state index contributed by atoms with van der Waals surface area (Å²) < 4.78 is 8.50. The molecule has 11 heteroatoms. The number of hydrogen-bond donors (Lipinski definition) is 3. The number of hydrogen-bond acceptors (Lipinski definition) is 5. The van der Waals surface area contributed by atoms with Crippen LogP contribution in [0.15, 0.2) is 42.3 Å². The number of phenols is 1. The molecule has 0 atom stereocenters.